The van der Waals surface area contributed by atoms with Gasteiger partial charge in [-0.3, -0.25) is 4.79 Å². The van der Waals surface area contributed by atoms with E-state index in [-0.39, 0.29) is 34.9 Å². The number of halogens is 1. The summed E-state index contributed by atoms with van der Waals surface area (Å²) in [5.41, 5.74) is 0.407. The molecule has 0 aliphatic carbocycles. The van der Waals surface area contributed by atoms with Crippen molar-refractivity contribution >= 4 is 5.91 Å². The van der Waals surface area contributed by atoms with Crippen molar-refractivity contribution in [3.63, 3.8) is 0 Å². The van der Waals surface area contributed by atoms with E-state index >= 15 is 0 Å². The van der Waals surface area contributed by atoms with E-state index in [0.29, 0.717) is 6.54 Å². The SMILES string of the molecule is CC(C)c1nnc2n1C[C@H](NC(=O)c1cc(-c3ccccc3F)on1)CC2. The molecule has 0 unspecified atom stereocenters. The monoisotopic (exact) mass is 369 g/mol. The number of amides is 1. The van der Waals surface area contributed by atoms with Gasteiger partial charge in [0, 0.05) is 31.0 Å². The maximum atomic E-state index is 13.9. The molecule has 1 aliphatic rings. The first-order valence-electron chi connectivity index (χ1n) is 8.97. The van der Waals surface area contributed by atoms with Gasteiger partial charge in [0.2, 0.25) is 0 Å². The molecule has 1 aliphatic heterocycles. The minimum absolute atomic E-state index is 0.0490. The summed E-state index contributed by atoms with van der Waals surface area (Å²) in [6.45, 7) is 4.76. The third kappa shape index (κ3) is 3.34. The minimum Gasteiger partial charge on any atom is -0.355 e. The second-order valence-electron chi connectivity index (χ2n) is 7.01. The summed E-state index contributed by atoms with van der Waals surface area (Å²) in [6.07, 6.45) is 1.53. The predicted molar refractivity (Wildman–Crippen MR) is 95.6 cm³/mol. The molecule has 27 heavy (non-hydrogen) atoms. The number of carbonyl (C=O) groups is 1. The number of fused-ring (bicyclic) bond motifs is 1. The Kier molecular flexibility index (Phi) is 4.47. The van der Waals surface area contributed by atoms with Crippen LogP contribution in [0.5, 0.6) is 0 Å². The first-order chi connectivity index (χ1) is 13.0. The van der Waals surface area contributed by atoms with Crippen LogP contribution in [0, 0.1) is 5.82 Å². The molecule has 0 radical (unpaired) electrons. The van der Waals surface area contributed by atoms with Crippen molar-refractivity contribution < 1.29 is 13.7 Å². The maximum absolute atomic E-state index is 13.9. The molecule has 0 fully saturated rings. The van der Waals surface area contributed by atoms with Gasteiger partial charge in [-0.15, -0.1) is 10.2 Å². The maximum Gasteiger partial charge on any atom is 0.273 e. The summed E-state index contributed by atoms with van der Waals surface area (Å²) >= 11 is 0. The van der Waals surface area contributed by atoms with Gasteiger partial charge in [-0.25, -0.2) is 4.39 Å². The van der Waals surface area contributed by atoms with Crippen LogP contribution < -0.4 is 5.32 Å². The summed E-state index contributed by atoms with van der Waals surface area (Å²) < 4.78 is 21.1. The lowest BCUT2D eigenvalue weighted by molar-refractivity contribution is 0.0918. The Labute approximate surface area is 155 Å². The number of carbonyl (C=O) groups excluding carboxylic acids is 1. The molecule has 0 bridgehead atoms. The van der Waals surface area contributed by atoms with Crippen molar-refractivity contribution in [1.29, 1.82) is 0 Å². The van der Waals surface area contributed by atoms with E-state index < -0.39 is 5.82 Å². The van der Waals surface area contributed by atoms with Crippen molar-refractivity contribution in [3.05, 3.63) is 53.5 Å². The Morgan fingerprint density at radius 3 is 2.93 bits per heavy atom. The third-order valence-corrected chi connectivity index (χ3v) is 4.71. The average Bonchev–Trinajstić information content (AvgIpc) is 3.29. The van der Waals surface area contributed by atoms with E-state index in [1.165, 1.54) is 12.1 Å². The number of rotatable bonds is 4. The van der Waals surface area contributed by atoms with Crippen LogP contribution in [0.2, 0.25) is 0 Å². The zero-order chi connectivity index (χ0) is 19.0. The van der Waals surface area contributed by atoms with Crippen LogP contribution in [-0.4, -0.2) is 31.9 Å². The molecule has 1 atom stereocenters. The molecule has 1 aromatic carbocycles. The van der Waals surface area contributed by atoms with E-state index in [1.54, 1.807) is 18.2 Å². The number of hydrogen-bond donors (Lipinski definition) is 1. The molecule has 140 valence electrons. The molecule has 0 saturated carbocycles. The quantitative estimate of drug-likeness (QED) is 0.764. The van der Waals surface area contributed by atoms with Crippen LogP contribution in [0.4, 0.5) is 4.39 Å². The van der Waals surface area contributed by atoms with Gasteiger partial charge >= 0.3 is 0 Å². The van der Waals surface area contributed by atoms with Crippen LogP contribution in [-0.2, 0) is 13.0 Å². The summed E-state index contributed by atoms with van der Waals surface area (Å²) in [7, 11) is 0. The summed E-state index contributed by atoms with van der Waals surface area (Å²) in [6, 6.07) is 7.62. The normalized spacial score (nSPS) is 16.4. The van der Waals surface area contributed by atoms with E-state index in [9.17, 15) is 9.18 Å². The van der Waals surface area contributed by atoms with Crippen LogP contribution >= 0.6 is 0 Å². The lowest BCUT2D eigenvalue weighted by Gasteiger charge is -2.25. The zero-order valence-electron chi connectivity index (χ0n) is 15.1. The zero-order valence-corrected chi connectivity index (χ0v) is 15.1. The van der Waals surface area contributed by atoms with Gasteiger partial charge in [-0.1, -0.05) is 31.1 Å². The molecule has 0 saturated heterocycles. The van der Waals surface area contributed by atoms with E-state index in [1.807, 2.05) is 0 Å². The van der Waals surface area contributed by atoms with Gasteiger partial charge in [0.05, 0.1) is 5.56 Å². The fourth-order valence-electron chi connectivity index (χ4n) is 3.32. The molecule has 3 heterocycles. The molecule has 1 N–H and O–H groups in total. The predicted octanol–water partition coefficient (Wildman–Crippen LogP) is 2.94. The highest BCUT2D eigenvalue weighted by Gasteiger charge is 2.26. The van der Waals surface area contributed by atoms with Gasteiger partial charge in [0.15, 0.2) is 11.5 Å². The molecule has 0 spiro atoms. The average molecular weight is 369 g/mol. The van der Waals surface area contributed by atoms with Gasteiger partial charge in [0.25, 0.3) is 5.91 Å². The second-order valence-corrected chi connectivity index (χ2v) is 7.01. The molecule has 8 heteroatoms. The lowest BCUT2D eigenvalue weighted by Crippen LogP contribution is -2.41. The fourth-order valence-corrected chi connectivity index (χ4v) is 3.32. The van der Waals surface area contributed by atoms with Crippen molar-refractivity contribution in [2.45, 2.75) is 45.2 Å². The first-order valence-corrected chi connectivity index (χ1v) is 8.97. The Morgan fingerprint density at radius 1 is 1.33 bits per heavy atom. The fraction of sp³-hybridized carbons (Fsp3) is 0.368. The molecular formula is C19H20FN5O2. The van der Waals surface area contributed by atoms with Crippen molar-refractivity contribution in [3.8, 4) is 11.3 Å². The second kappa shape index (κ2) is 6.94. The Balaban J connectivity index is 1.47. The van der Waals surface area contributed by atoms with E-state index in [4.69, 9.17) is 4.52 Å². The van der Waals surface area contributed by atoms with Crippen molar-refractivity contribution in [2.75, 3.05) is 0 Å². The number of aryl methyl sites for hydroxylation is 1. The molecule has 2 aromatic heterocycles. The number of hydrogen-bond acceptors (Lipinski definition) is 5. The van der Waals surface area contributed by atoms with Crippen LogP contribution in [0.15, 0.2) is 34.9 Å². The van der Waals surface area contributed by atoms with Gasteiger partial charge in [-0.2, -0.15) is 0 Å². The molecule has 3 aromatic rings. The van der Waals surface area contributed by atoms with Gasteiger partial charge in [-0.05, 0) is 18.6 Å². The van der Waals surface area contributed by atoms with E-state index in [0.717, 1.165) is 24.5 Å². The topological polar surface area (TPSA) is 85.8 Å². The summed E-state index contributed by atoms with van der Waals surface area (Å²) in [4.78, 5) is 12.5. The molecule has 4 rings (SSSR count). The Bertz CT molecular complexity index is 978. The largest absolute Gasteiger partial charge is 0.355 e. The van der Waals surface area contributed by atoms with Crippen LogP contribution in [0.1, 0.15) is 48.3 Å². The Morgan fingerprint density at radius 2 is 2.15 bits per heavy atom. The van der Waals surface area contributed by atoms with Crippen LogP contribution in [0.25, 0.3) is 11.3 Å². The third-order valence-electron chi connectivity index (χ3n) is 4.71. The van der Waals surface area contributed by atoms with Crippen molar-refractivity contribution in [1.82, 2.24) is 25.2 Å². The van der Waals surface area contributed by atoms with Gasteiger partial charge < -0.3 is 14.4 Å². The lowest BCUT2D eigenvalue weighted by atomic mass is 10.1. The standard InChI is InChI=1S/C19H20FN5O2/c1-11(2)18-23-22-17-8-7-12(10-25(17)18)21-19(26)15-9-16(27-24-15)13-5-3-4-6-14(13)20/h3-6,9,11-12H,7-8,10H2,1-2H3,(H,21,26)/t12-/m1/s1. The highest BCUT2D eigenvalue weighted by Crippen LogP contribution is 2.24. The minimum atomic E-state index is -0.422. The Hall–Kier alpha value is -3.03. The summed E-state index contributed by atoms with van der Waals surface area (Å²) in [5, 5.41) is 15.3. The van der Waals surface area contributed by atoms with Crippen LogP contribution in [0.3, 0.4) is 0 Å². The molecule has 7 nitrogen and oxygen atoms in total. The van der Waals surface area contributed by atoms with E-state index in [2.05, 4.69) is 39.1 Å². The number of nitrogens with one attached hydrogen (secondary N) is 1. The van der Waals surface area contributed by atoms with Crippen molar-refractivity contribution in [2.24, 2.45) is 0 Å². The number of nitrogens with zero attached hydrogens (tertiary/aromatic N) is 4. The number of benzene rings is 1. The highest BCUT2D eigenvalue weighted by atomic mass is 19.1. The van der Waals surface area contributed by atoms with Gasteiger partial charge in [0.1, 0.15) is 17.5 Å². The number of aromatic nitrogens is 4. The highest BCUT2D eigenvalue weighted by molar-refractivity contribution is 5.93. The summed E-state index contributed by atoms with van der Waals surface area (Å²) in [5.74, 6) is 1.60. The molecular weight excluding hydrogens is 349 g/mol. The molecule has 1 amide bonds. The smallest absolute Gasteiger partial charge is 0.273 e. The first kappa shape index (κ1) is 17.4.